The molecule has 1 atom stereocenters. The molecule has 1 aliphatic carbocycles. The molecular weight excluding hydrogens is 204 g/mol. The van der Waals surface area contributed by atoms with Crippen molar-refractivity contribution in [3.8, 4) is 0 Å². The van der Waals surface area contributed by atoms with Gasteiger partial charge in [-0.15, -0.1) is 0 Å². The van der Waals surface area contributed by atoms with Crippen molar-refractivity contribution in [2.75, 3.05) is 0 Å². The first-order chi connectivity index (χ1) is 7.75. The van der Waals surface area contributed by atoms with E-state index in [1.165, 1.54) is 6.08 Å². The van der Waals surface area contributed by atoms with Crippen LogP contribution < -0.4 is 0 Å². The fourth-order valence-electron chi connectivity index (χ4n) is 1.57. The maximum Gasteiger partial charge on any atom is 0.313 e. The minimum atomic E-state index is -0.392. The Labute approximate surface area is 93.7 Å². The summed E-state index contributed by atoms with van der Waals surface area (Å²) in [6.07, 6.45) is 3.29. The zero-order chi connectivity index (χ0) is 11.4. The minimum Gasteiger partial charge on any atom is -0.460 e. The largest absolute Gasteiger partial charge is 0.460 e. The van der Waals surface area contributed by atoms with Gasteiger partial charge in [0.15, 0.2) is 5.78 Å². The molecule has 3 heteroatoms. The van der Waals surface area contributed by atoms with Gasteiger partial charge in [-0.3, -0.25) is 9.59 Å². The van der Waals surface area contributed by atoms with Crippen molar-refractivity contribution in [2.45, 2.75) is 13.0 Å². The molecule has 1 unspecified atom stereocenters. The van der Waals surface area contributed by atoms with E-state index in [1.54, 1.807) is 6.08 Å². The smallest absolute Gasteiger partial charge is 0.313 e. The Hall–Kier alpha value is -1.90. The Morgan fingerprint density at radius 2 is 2.06 bits per heavy atom. The van der Waals surface area contributed by atoms with Crippen molar-refractivity contribution in [1.82, 2.24) is 0 Å². The predicted molar refractivity (Wildman–Crippen MR) is 58.5 cm³/mol. The van der Waals surface area contributed by atoms with E-state index in [1.807, 2.05) is 30.3 Å². The number of carbonyl (C=O) groups excluding carboxylic acids is 2. The van der Waals surface area contributed by atoms with Crippen LogP contribution in [0.4, 0.5) is 0 Å². The lowest BCUT2D eigenvalue weighted by Gasteiger charge is -2.07. The molecule has 82 valence electrons. The summed E-state index contributed by atoms with van der Waals surface area (Å²) in [5, 5.41) is 0. The van der Waals surface area contributed by atoms with Crippen LogP contribution >= 0.6 is 0 Å². The van der Waals surface area contributed by atoms with Gasteiger partial charge in [0.2, 0.25) is 0 Å². The van der Waals surface area contributed by atoms with Gasteiger partial charge in [0.1, 0.15) is 6.61 Å². The second kappa shape index (κ2) is 4.75. The van der Waals surface area contributed by atoms with Crippen molar-refractivity contribution in [2.24, 2.45) is 5.92 Å². The molecule has 3 nitrogen and oxygen atoms in total. The quantitative estimate of drug-likeness (QED) is 0.724. The minimum absolute atomic E-state index is 0.0124. The van der Waals surface area contributed by atoms with Gasteiger partial charge in [-0.25, -0.2) is 0 Å². The van der Waals surface area contributed by atoms with Gasteiger partial charge in [-0.1, -0.05) is 36.4 Å². The first-order valence-corrected chi connectivity index (χ1v) is 5.17. The van der Waals surface area contributed by atoms with Crippen LogP contribution in [0.2, 0.25) is 0 Å². The number of ketones is 1. The molecular formula is C13H12O3. The topological polar surface area (TPSA) is 43.4 Å². The van der Waals surface area contributed by atoms with Crippen LogP contribution in [0.25, 0.3) is 0 Å². The highest BCUT2D eigenvalue weighted by atomic mass is 16.5. The van der Waals surface area contributed by atoms with E-state index in [-0.39, 0.29) is 24.8 Å². The maximum atomic E-state index is 11.5. The number of hydrogen-bond donors (Lipinski definition) is 0. The first kappa shape index (κ1) is 10.6. The monoisotopic (exact) mass is 216 g/mol. The summed E-state index contributed by atoms with van der Waals surface area (Å²) in [6.45, 7) is 0.262. The molecule has 16 heavy (non-hydrogen) atoms. The number of ether oxygens (including phenoxy) is 1. The third-order valence-corrected chi connectivity index (χ3v) is 2.46. The summed E-state index contributed by atoms with van der Waals surface area (Å²) in [5.74, 6) is -0.733. The average Bonchev–Trinajstić information content (AvgIpc) is 2.74. The van der Waals surface area contributed by atoms with Gasteiger partial charge < -0.3 is 4.74 Å². The van der Waals surface area contributed by atoms with E-state index in [0.717, 1.165) is 5.56 Å². The van der Waals surface area contributed by atoms with E-state index in [0.29, 0.717) is 0 Å². The number of hydrogen-bond acceptors (Lipinski definition) is 3. The zero-order valence-electron chi connectivity index (χ0n) is 8.76. The number of allylic oxidation sites excluding steroid dienone is 1. The van der Waals surface area contributed by atoms with Crippen LogP contribution in [0, 0.1) is 5.92 Å². The average molecular weight is 216 g/mol. The molecule has 0 aliphatic heterocycles. The van der Waals surface area contributed by atoms with Gasteiger partial charge in [-0.05, 0) is 11.6 Å². The molecule has 0 radical (unpaired) electrons. The van der Waals surface area contributed by atoms with Crippen LogP contribution in [0.3, 0.4) is 0 Å². The van der Waals surface area contributed by atoms with E-state index in [9.17, 15) is 9.59 Å². The Balaban J connectivity index is 1.85. The Kier molecular flexibility index (Phi) is 3.15. The number of benzene rings is 1. The molecule has 0 amide bonds. The standard InChI is InChI=1S/C13H12O3/c14-12-7-6-11(8-12)13(15)16-9-10-4-2-1-3-5-10/h1-7,11H,8-9H2. The van der Waals surface area contributed by atoms with Crippen molar-refractivity contribution >= 4 is 11.8 Å². The maximum absolute atomic E-state index is 11.5. The zero-order valence-corrected chi connectivity index (χ0v) is 8.76. The van der Waals surface area contributed by atoms with Crippen LogP contribution in [0.1, 0.15) is 12.0 Å². The van der Waals surface area contributed by atoms with E-state index in [4.69, 9.17) is 4.74 Å². The Morgan fingerprint density at radius 1 is 1.31 bits per heavy atom. The van der Waals surface area contributed by atoms with Crippen LogP contribution in [-0.4, -0.2) is 11.8 Å². The van der Waals surface area contributed by atoms with E-state index < -0.39 is 5.92 Å². The van der Waals surface area contributed by atoms with Crippen molar-refractivity contribution in [1.29, 1.82) is 0 Å². The van der Waals surface area contributed by atoms with Crippen LogP contribution in [0.5, 0.6) is 0 Å². The molecule has 0 N–H and O–H groups in total. The van der Waals surface area contributed by atoms with Gasteiger partial charge >= 0.3 is 5.97 Å². The number of carbonyl (C=O) groups is 2. The molecule has 1 aliphatic rings. The summed E-state index contributed by atoms with van der Waals surface area (Å²) >= 11 is 0. The highest BCUT2D eigenvalue weighted by Gasteiger charge is 2.24. The molecule has 0 saturated heterocycles. The van der Waals surface area contributed by atoms with Crippen molar-refractivity contribution in [3.63, 3.8) is 0 Å². The normalized spacial score (nSPS) is 18.8. The molecule has 0 saturated carbocycles. The lowest BCUT2D eigenvalue weighted by Crippen LogP contribution is -2.15. The van der Waals surface area contributed by atoms with Crippen molar-refractivity contribution < 1.29 is 14.3 Å². The lowest BCUT2D eigenvalue weighted by molar-refractivity contribution is -0.148. The fraction of sp³-hybridized carbons (Fsp3) is 0.231. The Bertz CT molecular complexity index is 420. The van der Waals surface area contributed by atoms with Crippen LogP contribution in [0.15, 0.2) is 42.5 Å². The summed E-state index contributed by atoms with van der Waals surface area (Å²) in [6, 6.07) is 9.47. The molecule has 2 rings (SSSR count). The van der Waals surface area contributed by atoms with Crippen LogP contribution in [-0.2, 0) is 20.9 Å². The Morgan fingerprint density at radius 3 is 2.69 bits per heavy atom. The third kappa shape index (κ3) is 2.57. The second-order valence-corrected chi connectivity index (χ2v) is 3.73. The highest BCUT2D eigenvalue weighted by molar-refractivity contribution is 5.97. The highest BCUT2D eigenvalue weighted by Crippen LogP contribution is 2.16. The number of esters is 1. The fourth-order valence-corrected chi connectivity index (χ4v) is 1.57. The third-order valence-electron chi connectivity index (χ3n) is 2.46. The second-order valence-electron chi connectivity index (χ2n) is 3.73. The molecule has 0 spiro atoms. The van der Waals surface area contributed by atoms with Gasteiger partial charge in [0.05, 0.1) is 5.92 Å². The molecule has 1 aromatic rings. The van der Waals surface area contributed by atoms with E-state index in [2.05, 4.69) is 0 Å². The molecule has 0 heterocycles. The van der Waals surface area contributed by atoms with E-state index >= 15 is 0 Å². The van der Waals surface area contributed by atoms with Crippen molar-refractivity contribution in [3.05, 3.63) is 48.0 Å². The predicted octanol–water partition coefficient (Wildman–Crippen LogP) is 1.87. The van der Waals surface area contributed by atoms with Gasteiger partial charge in [-0.2, -0.15) is 0 Å². The number of rotatable bonds is 3. The summed E-state index contributed by atoms with van der Waals surface area (Å²) in [4.78, 5) is 22.5. The molecule has 0 bridgehead atoms. The van der Waals surface area contributed by atoms with Gasteiger partial charge in [0, 0.05) is 6.42 Å². The van der Waals surface area contributed by atoms with Gasteiger partial charge in [0.25, 0.3) is 0 Å². The SMILES string of the molecule is O=C1C=CC(C(=O)OCc2ccccc2)C1. The lowest BCUT2D eigenvalue weighted by atomic mass is 10.1. The summed E-state index contributed by atoms with van der Waals surface area (Å²) < 4.78 is 5.12. The molecule has 0 fully saturated rings. The first-order valence-electron chi connectivity index (χ1n) is 5.17. The molecule has 0 aromatic heterocycles. The summed E-state index contributed by atoms with van der Waals surface area (Å²) in [5.41, 5.74) is 0.948. The molecule has 1 aromatic carbocycles. The summed E-state index contributed by atoms with van der Waals surface area (Å²) in [7, 11) is 0.